The number of nitrogens with zero attached hydrogens (tertiary/aromatic N) is 3. The summed E-state index contributed by atoms with van der Waals surface area (Å²) in [5, 5.41) is 17.4. The van der Waals surface area contributed by atoms with Gasteiger partial charge in [-0.25, -0.2) is 4.79 Å². The molecule has 0 spiro atoms. The van der Waals surface area contributed by atoms with Crippen molar-refractivity contribution in [3.05, 3.63) is 102 Å². The quantitative estimate of drug-likeness (QED) is 0.155. The van der Waals surface area contributed by atoms with Crippen molar-refractivity contribution in [2.24, 2.45) is 7.05 Å². The fourth-order valence-electron chi connectivity index (χ4n) is 7.60. The van der Waals surface area contributed by atoms with E-state index in [1.165, 1.54) is 35.6 Å². The van der Waals surface area contributed by atoms with Crippen LogP contribution in [0.25, 0.3) is 39.1 Å². The monoisotopic (exact) mass is 655 g/mol. The fourth-order valence-corrected chi connectivity index (χ4v) is 7.60. The molecule has 2 aromatic heterocycles. The minimum absolute atomic E-state index is 0.265. The number of aliphatic carboxylic acids is 1. The molecule has 5 aromatic rings. The highest BCUT2D eigenvalue weighted by molar-refractivity contribution is 6.06. The van der Waals surface area contributed by atoms with Crippen LogP contribution in [-0.2, 0) is 16.6 Å². The Balaban J connectivity index is 1.20. The highest BCUT2D eigenvalue weighted by Gasteiger charge is 2.42. The molecule has 1 aliphatic carbocycles. The zero-order valence-corrected chi connectivity index (χ0v) is 27.9. The fraction of sp³-hybridized carbons (Fsp3) is 0.300. The van der Waals surface area contributed by atoms with Crippen molar-refractivity contribution in [2.75, 3.05) is 25.5 Å². The lowest BCUT2D eigenvalue weighted by molar-refractivity contribution is -0.131. The normalized spacial score (nSPS) is 16.8. The summed E-state index contributed by atoms with van der Waals surface area (Å²) in [6.07, 6.45) is 10.1. The second kappa shape index (κ2) is 13.3. The van der Waals surface area contributed by atoms with Crippen LogP contribution in [0.3, 0.4) is 0 Å². The van der Waals surface area contributed by atoms with E-state index in [1.54, 1.807) is 24.3 Å². The number of aromatic nitrogens is 2. The molecule has 0 bridgehead atoms. The van der Waals surface area contributed by atoms with Crippen LogP contribution >= 0.6 is 0 Å². The molecule has 250 valence electrons. The Morgan fingerprint density at radius 2 is 1.69 bits per heavy atom. The molecular weight excluding hydrogens is 614 g/mol. The predicted molar refractivity (Wildman–Crippen MR) is 194 cm³/mol. The highest BCUT2D eigenvalue weighted by atomic mass is 16.4. The van der Waals surface area contributed by atoms with Crippen molar-refractivity contribution in [3.8, 4) is 11.3 Å². The molecule has 7 rings (SSSR count). The third kappa shape index (κ3) is 6.46. The van der Waals surface area contributed by atoms with E-state index in [4.69, 9.17) is 5.11 Å². The largest absolute Gasteiger partial charge is 0.478 e. The molecule has 2 fully saturated rings. The molecule has 3 aromatic carbocycles. The number of rotatable bonds is 8. The Kier molecular flexibility index (Phi) is 8.77. The predicted octanol–water partition coefficient (Wildman–Crippen LogP) is 6.98. The van der Waals surface area contributed by atoms with Gasteiger partial charge in [-0.15, -0.1) is 0 Å². The number of fused-ring (bicyclic) bond motifs is 2. The first-order valence-corrected chi connectivity index (χ1v) is 17.0. The number of carboxylic acid groups (broad SMARTS) is 1. The van der Waals surface area contributed by atoms with Crippen molar-refractivity contribution in [1.29, 1.82) is 0 Å². The Morgan fingerprint density at radius 1 is 0.939 bits per heavy atom. The van der Waals surface area contributed by atoms with Crippen molar-refractivity contribution >= 4 is 51.4 Å². The van der Waals surface area contributed by atoms with Crippen LogP contribution < -0.4 is 10.6 Å². The summed E-state index contributed by atoms with van der Waals surface area (Å²) in [4.78, 5) is 45.6. The maximum atomic E-state index is 14.1. The second-order valence-electron chi connectivity index (χ2n) is 13.5. The van der Waals surface area contributed by atoms with Crippen molar-refractivity contribution in [3.63, 3.8) is 0 Å². The standard InChI is InChI=1S/C40H41N5O4/c1-44-22-19-40(20-23-44,39(49)42-31-14-9-26(10-15-31)11-18-35(46)47)43-38(48)30-12-16-32-34(25-30)45(2)37(36(32)27-6-3-4-7-27)29-13-17-33-28(24-29)8-5-21-41-33/h5,8-18,21,24-25,27H,3-4,6-7,19-20,22-23H2,1-2H3,(H,42,49)(H,43,48)(H,46,47)/b18-11+. The Bertz CT molecular complexity index is 2080. The molecule has 9 heteroatoms. The number of pyridine rings is 1. The summed E-state index contributed by atoms with van der Waals surface area (Å²) in [5.74, 6) is -1.12. The lowest BCUT2D eigenvalue weighted by Gasteiger charge is -2.40. The van der Waals surface area contributed by atoms with Crippen molar-refractivity contribution in [1.82, 2.24) is 19.8 Å². The van der Waals surface area contributed by atoms with Crippen molar-refractivity contribution < 1.29 is 19.5 Å². The summed E-state index contributed by atoms with van der Waals surface area (Å²) in [5.41, 5.74) is 6.33. The van der Waals surface area contributed by atoms with Gasteiger partial charge >= 0.3 is 5.97 Å². The Labute approximate surface area is 285 Å². The molecule has 2 amide bonds. The smallest absolute Gasteiger partial charge is 0.328 e. The van der Waals surface area contributed by atoms with Crippen LogP contribution in [0, 0.1) is 0 Å². The maximum Gasteiger partial charge on any atom is 0.328 e. The molecular formula is C40H41N5O4. The van der Waals surface area contributed by atoms with Gasteiger partial charge in [-0.3, -0.25) is 14.6 Å². The van der Waals surface area contributed by atoms with Gasteiger partial charge in [-0.05, 0) is 104 Å². The van der Waals surface area contributed by atoms with Gasteiger partial charge in [-0.2, -0.15) is 0 Å². The van der Waals surface area contributed by atoms with Crippen LogP contribution in [0.2, 0.25) is 0 Å². The van der Waals surface area contributed by atoms with Gasteiger partial charge in [-0.1, -0.05) is 43.2 Å². The van der Waals surface area contributed by atoms with E-state index in [1.807, 2.05) is 31.4 Å². The first kappa shape index (κ1) is 32.3. The lowest BCUT2D eigenvalue weighted by atomic mass is 9.86. The number of hydrogen-bond acceptors (Lipinski definition) is 5. The maximum absolute atomic E-state index is 14.1. The minimum Gasteiger partial charge on any atom is -0.478 e. The van der Waals surface area contributed by atoms with Gasteiger partial charge in [0.15, 0.2) is 0 Å². The number of anilines is 1. The molecule has 0 unspecified atom stereocenters. The number of hydrogen-bond donors (Lipinski definition) is 3. The molecule has 0 atom stereocenters. The number of benzene rings is 3. The number of aryl methyl sites for hydroxylation is 1. The number of carboxylic acids is 1. The SMILES string of the molecule is CN1CCC(NC(=O)c2ccc3c(C4CCCC4)c(-c4ccc5ncccc5c4)n(C)c3c2)(C(=O)Nc2ccc(/C=C/C(=O)O)cc2)CC1. The van der Waals surface area contributed by atoms with Crippen LogP contribution in [-0.4, -0.2) is 63.0 Å². The van der Waals surface area contributed by atoms with Gasteiger partial charge in [0.25, 0.3) is 5.91 Å². The van der Waals surface area contributed by atoms with Crippen LogP contribution in [0.5, 0.6) is 0 Å². The van der Waals surface area contributed by atoms with Gasteiger partial charge < -0.3 is 25.2 Å². The number of carbonyl (C=O) groups is 3. The molecule has 1 saturated heterocycles. The zero-order chi connectivity index (χ0) is 34.1. The molecule has 3 heterocycles. The summed E-state index contributed by atoms with van der Waals surface area (Å²) in [6.45, 7) is 1.33. The van der Waals surface area contributed by atoms with Gasteiger partial charge in [0.1, 0.15) is 5.54 Å². The molecule has 1 saturated carbocycles. The van der Waals surface area contributed by atoms with E-state index in [0.29, 0.717) is 48.7 Å². The summed E-state index contributed by atoms with van der Waals surface area (Å²) in [6, 6.07) is 23.4. The number of likely N-dealkylation sites (tertiary alicyclic amines) is 1. The van der Waals surface area contributed by atoms with E-state index in [0.717, 1.165) is 40.9 Å². The zero-order valence-electron chi connectivity index (χ0n) is 27.9. The Hall–Kier alpha value is -5.28. The third-order valence-electron chi connectivity index (χ3n) is 10.4. The topological polar surface area (TPSA) is 117 Å². The number of nitrogens with one attached hydrogen (secondary N) is 2. The van der Waals surface area contributed by atoms with Crippen LogP contribution in [0.1, 0.15) is 65.9 Å². The number of piperidine rings is 1. The van der Waals surface area contributed by atoms with Crippen molar-refractivity contribution in [2.45, 2.75) is 50.0 Å². The molecule has 0 radical (unpaired) electrons. The van der Waals surface area contributed by atoms with E-state index in [2.05, 4.69) is 62.5 Å². The average Bonchev–Trinajstić information content (AvgIpc) is 3.75. The van der Waals surface area contributed by atoms with Gasteiger partial charge in [0.05, 0.1) is 11.2 Å². The van der Waals surface area contributed by atoms with Crippen LogP contribution in [0.4, 0.5) is 5.69 Å². The lowest BCUT2D eigenvalue weighted by Crippen LogP contribution is -2.61. The van der Waals surface area contributed by atoms with Gasteiger partial charge in [0.2, 0.25) is 5.91 Å². The minimum atomic E-state index is -1.09. The number of carbonyl (C=O) groups excluding carboxylic acids is 2. The van der Waals surface area contributed by atoms with Crippen LogP contribution in [0.15, 0.2) is 85.1 Å². The number of amides is 2. The third-order valence-corrected chi connectivity index (χ3v) is 10.4. The van der Waals surface area contributed by atoms with E-state index < -0.39 is 11.5 Å². The molecule has 9 nitrogen and oxygen atoms in total. The summed E-state index contributed by atoms with van der Waals surface area (Å²) >= 11 is 0. The van der Waals surface area contributed by atoms with Gasteiger partial charge in [0, 0.05) is 60.0 Å². The first-order valence-electron chi connectivity index (χ1n) is 17.0. The first-order chi connectivity index (χ1) is 23.7. The molecule has 3 N–H and O–H groups in total. The average molecular weight is 656 g/mol. The second-order valence-corrected chi connectivity index (χ2v) is 13.5. The van der Waals surface area contributed by atoms with E-state index >= 15 is 0 Å². The summed E-state index contributed by atoms with van der Waals surface area (Å²) < 4.78 is 2.23. The molecule has 2 aliphatic rings. The highest BCUT2D eigenvalue weighted by Crippen LogP contribution is 2.45. The molecule has 49 heavy (non-hydrogen) atoms. The summed E-state index contributed by atoms with van der Waals surface area (Å²) in [7, 11) is 4.10. The molecule has 1 aliphatic heterocycles. The van der Waals surface area contributed by atoms with E-state index in [9.17, 15) is 14.4 Å². The Morgan fingerprint density at radius 3 is 2.43 bits per heavy atom. The van der Waals surface area contributed by atoms with E-state index in [-0.39, 0.29) is 11.8 Å².